The summed E-state index contributed by atoms with van der Waals surface area (Å²) in [5.74, 6) is -0.268. The van der Waals surface area contributed by atoms with E-state index in [1.807, 2.05) is 0 Å². The van der Waals surface area contributed by atoms with Crippen LogP contribution in [0.15, 0.2) is 0 Å². The normalized spacial score (nSPS) is 29.5. The summed E-state index contributed by atoms with van der Waals surface area (Å²) in [6.45, 7) is 1.96. The number of sulfone groups is 1. The molecule has 1 heterocycles. The van der Waals surface area contributed by atoms with Crippen molar-refractivity contribution < 1.29 is 13.2 Å². The Bertz CT molecular complexity index is 257. The van der Waals surface area contributed by atoms with E-state index in [9.17, 15) is 13.2 Å². The van der Waals surface area contributed by atoms with Gasteiger partial charge in [0.05, 0.1) is 5.75 Å². The highest BCUT2D eigenvalue weighted by Gasteiger charge is 2.33. The van der Waals surface area contributed by atoms with Gasteiger partial charge >= 0.3 is 0 Å². The largest absolute Gasteiger partial charge is 0.354 e. The lowest BCUT2D eigenvalue weighted by atomic mass is 10.3. The molecule has 1 N–H and O–H groups in total. The van der Waals surface area contributed by atoms with E-state index >= 15 is 0 Å². The molecule has 1 amide bonds. The highest BCUT2D eigenvalue weighted by Crippen LogP contribution is 2.10. The number of carbonyl (C=O) groups excluding carboxylic acids is 1. The SMILES string of the molecule is CCC1C(=O)NCCS1(=O)=O. The zero-order valence-corrected chi connectivity index (χ0v) is 7.15. The first kappa shape index (κ1) is 8.52. The van der Waals surface area contributed by atoms with Crippen LogP contribution in [0, 0.1) is 0 Å². The van der Waals surface area contributed by atoms with Crippen molar-refractivity contribution in [2.24, 2.45) is 0 Å². The van der Waals surface area contributed by atoms with Crippen LogP contribution in [0.5, 0.6) is 0 Å². The fraction of sp³-hybridized carbons (Fsp3) is 0.833. The molecule has 64 valence electrons. The quantitative estimate of drug-likeness (QED) is 0.576. The zero-order valence-electron chi connectivity index (χ0n) is 6.33. The molecule has 0 aromatic carbocycles. The molecule has 0 radical (unpaired) electrons. The van der Waals surface area contributed by atoms with Crippen molar-refractivity contribution in [3.8, 4) is 0 Å². The minimum absolute atomic E-state index is 0.0806. The van der Waals surface area contributed by atoms with E-state index in [4.69, 9.17) is 0 Å². The van der Waals surface area contributed by atoms with E-state index in [1.54, 1.807) is 6.92 Å². The standard InChI is InChI=1S/C6H11NO3S/c1-2-5-6(8)7-3-4-11(5,9)10/h5H,2-4H2,1H3,(H,7,8). The predicted molar refractivity (Wildman–Crippen MR) is 40.9 cm³/mol. The van der Waals surface area contributed by atoms with Crippen molar-refractivity contribution in [2.75, 3.05) is 12.3 Å². The molecule has 11 heavy (non-hydrogen) atoms. The van der Waals surface area contributed by atoms with Gasteiger partial charge in [0.1, 0.15) is 5.25 Å². The second-order valence-electron chi connectivity index (χ2n) is 2.55. The minimum atomic E-state index is -3.13. The molecule has 0 saturated carbocycles. The van der Waals surface area contributed by atoms with Crippen LogP contribution in [-0.4, -0.2) is 31.9 Å². The van der Waals surface area contributed by atoms with Crippen molar-refractivity contribution >= 4 is 15.7 Å². The van der Waals surface area contributed by atoms with E-state index < -0.39 is 15.1 Å². The van der Waals surface area contributed by atoms with Gasteiger partial charge in [-0.1, -0.05) is 6.92 Å². The van der Waals surface area contributed by atoms with E-state index in [0.29, 0.717) is 6.42 Å². The van der Waals surface area contributed by atoms with Crippen LogP contribution in [0.1, 0.15) is 13.3 Å². The molecule has 0 bridgehead atoms. The van der Waals surface area contributed by atoms with Crippen molar-refractivity contribution in [1.82, 2.24) is 5.32 Å². The van der Waals surface area contributed by atoms with Crippen molar-refractivity contribution in [3.05, 3.63) is 0 Å². The Hall–Kier alpha value is -0.580. The van der Waals surface area contributed by atoms with Gasteiger partial charge in [0, 0.05) is 6.54 Å². The van der Waals surface area contributed by atoms with Gasteiger partial charge in [-0.25, -0.2) is 8.42 Å². The minimum Gasteiger partial charge on any atom is -0.354 e. The molecule has 1 fully saturated rings. The van der Waals surface area contributed by atoms with Gasteiger partial charge in [0.25, 0.3) is 0 Å². The summed E-state index contributed by atoms with van der Waals surface area (Å²) in [5.41, 5.74) is 0. The fourth-order valence-corrected chi connectivity index (χ4v) is 2.76. The Kier molecular flexibility index (Phi) is 2.17. The first-order valence-corrected chi connectivity index (χ1v) is 5.28. The number of nitrogens with one attached hydrogen (secondary N) is 1. The highest BCUT2D eigenvalue weighted by molar-refractivity contribution is 7.92. The number of rotatable bonds is 1. The molecule has 1 aliphatic heterocycles. The van der Waals surface area contributed by atoms with E-state index in [1.165, 1.54) is 0 Å². The van der Waals surface area contributed by atoms with Crippen LogP contribution in [0.4, 0.5) is 0 Å². The van der Waals surface area contributed by atoms with E-state index in [2.05, 4.69) is 5.32 Å². The van der Waals surface area contributed by atoms with Gasteiger partial charge in [-0.2, -0.15) is 0 Å². The maximum absolute atomic E-state index is 11.2. The first-order chi connectivity index (χ1) is 5.08. The van der Waals surface area contributed by atoms with Gasteiger partial charge < -0.3 is 5.32 Å². The van der Waals surface area contributed by atoms with Crippen LogP contribution >= 0.6 is 0 Å². The number of amides is 1. The number of hydrogen-bond donors (Lipinski definition) is 1. The Morgan fingerprint density at radius 2 is 2.27 bits per heavy atom. The van der Waals surface area contributed by atoms with Crippen LogP contribution in [0.25, 0.3) is 0 Å². The molecule has 0 spiro atoms. The van der Waals surface area contributed by atoms with Crippen LogP contribution in [0.3, 0.4) is 0 Å². The second-order valence-corrected chi connectivity index (χ2v) is 4.86. The highest BCUT2D eigenvalue weighted by atomic mass is 32.2. The average molecular weight is 177 g/mol. The zero-order chi connectivity index (χ0) is 8.48. The average Bonchev–Trinajstić information content (AvgIpc) is 1.86. The lowest BCUT2D eigenvalue weighted by molar-refractivity contribution is -0.120. The van der Waals surface area contributed by atoms with Crippen LogP contribution < -0.4 is 5.32 Å². The van der Waals surface area contributed by atoms with Gasteiger partial charge in [0.15, 0.2) is 9.84 Å². The molecular formula is C6H11NO3S. The summed E-state index contributed by atoms with van der Waals surface area (Å²) in [6, 6.07) is 0. The third kappa shape index (κ3) is 1.53. The third-order valence-electron chi connectivity index (χ3n) is 1.78. The number of carbonyl (C=O) groups is 1. The molecule has 0 aromatic heterocycles. The molecule has 1 atom stereocenters. The van der Waals surface area contributed by atoms with Crippen molar-refractivity contribution in [3.63, 3.8) is 0 Å². The molecule has 1 rings (SSSR count). The number of hydrogen-bond acceptors (Lipinski definition) is 3. The van der Waals surface area contributed by atoms with E-state index in [0.717, 1.165) is 0 Å². The summed E-state index contributed by atoms with van der Waals surface area (Å²) < 4.78 is 22.3. The Balaban J connectivity index is 2.90. The lowest BCUT2D eigenvalue weighted by Crippen LogP contribution is -2.48. The third-order valence-corrected chi connectivity index (χ3v) is 3.97. The molecule has 1 saturated heterocycles. The lowest BCUT2D eigenvalue weighted by Gasteiger charge is -2.20. The monoisotopic (exact) mass is 177 g/mol. The summed E-state index contributed by atoms with van der Waals surface area (Å²) in [7, 11) is -3.13. The summed E-state index contributed by atoms with van der Waals surface area (Å²) in [4.78, 5) is 11.0. The van der Waals surface area contributed by atoms with Crippen molar-refractivity contribution in [1.29, 1.82) is 0 Å². The van der Waals surface area contributed by atoms with Gasteiger partial charge in [-0.15, -0.1) is 0 Å². The fourth-order valence-electron chi connectivity index (χ4n) is 1.17. The first-order valence-electron chi connectivity index (χ1n) is 3.57. The van der Waals surface area contributed by atoms with E-state index in [-0.39, 0.29) is 18.2 Å². The summed E-state index contributed by atoms with van der Waals surface area (Å²) >= 11 is 0. The Morgan fingerprint density at radius 1 is 1.64 bits per heavy atom. The maximum Gasteiger partial charge on any atom is 0.238 e. The smallest absolute Gasteiger partial charge is 0.238 e. The Labute approximate surface area is 65.9 Å². The topological polar surface area (TPSA) is 63.2 Å². The van der Waals surface area contributed by atoms with Gasteiger partial charge in [0.2, 0.25) is 5.91 Å². The van der Waals surface area contributed by atoms with Gasteiger partial charge in [-0.3, -0.25) is 4.79 Å². The predicted octanol–water partition coefficient (Wildman–Crippen LogP) is -0.690. The summed E-state index contributed by atoms with van der Waals surface area (Å²) in [6.07, 6.45) is 0.369. The molecule has 4 nitrogen and oxygen atoms in total. The molecule has 1 aliphatic rings. The second kappa shape index (κ2) is 2.81. The molecule has 1 unspecified atom stereocenters. The molecule has 5 heteroatoms. The van der Waals surface area contributed by atoms with Gasteiger partial charge in [-0.05, 0) is 6.42 Å². The van der Waals surface area contributed by atoms with Crippen LogP contribution in [-0.2, 0) is 14.6 Å². The molecular weight excluding hydrogens is 166 g/mol. The maximum atomic E-state index is 11.2. The van der Waals surface area contributed by atoms with Crippen molar-refractivity contribution in [2.45, 2.75) is 18.6 Å². The molecule has 0 aromatic rings. The van der Waals surface area contributed by atoms with Crippen LogP contribution in [0.2, 0.25) is 0 Å². The Morgan fingerprint density at radius 3 is 2.64 bits per heavy atom. The summed E-state index contributed by atoms with van der Waals surface area (Å²) in [5, 5.41) is 1.71. The molecule has 0 aliphatic carbocycles.